The third-order valence-corrected chi connectivity index (χ3v) is 13.7. The third kappa shape index (κ3) is 4.76. The Morgan fingerprint density at radius 1 is 0.400 bits per heavy atom. The van der Waals surface area contributed by atoms with Crippen LogP contribution in [0.1, 0.15) is 25.0 Å². The van der Waals surface area contributed by atoms with Gasteiger partial charge in [0.25, 0.3) is 0 Å². The fraction of sp³-hybridized carbons (Fsp3) is 0.0556. The van der Waals surface area contributed by atoms with Gasteiger partial charge in [0.05, 0.1) is 0 Å². The molecule has 282 valence electrons. The lowest BCUT2D eigenvalue weighted by atomic mass is 9.82. The Bertz CT molecular complexity index is 3770. The van der Waals surface area contributed by atoms with Gasteiger partial charge in [0, 0.05) is 63.8 Å². The van der Waals surface area contributed by atoms with Crippen molar-refractivity contribution >= 4 is 75.4 Å². The van der Waals surface area contributed by atoms with Crippen LogP contribution in [-0.2, 0) is 5.41 Å². The van der Waals surface area contributed by atoms with E-state index < -0.39 is 0 Å². The highest BCUT2D eigenvalue weighted by atomic mass is 32.1. The maximum Gasteiger partial charge on any atom is 0.164 e. The van der Waals surface area contributed by atoms with E-state index in [2.05, 4.69) is 135 Å². The maximum atomic E-state index is 6.61. The molecule has 12 aromatic rings. The number of hydrogen-bond donors (Lipinski definition) is 0. The number of para-hydroxylation sites is 1. The Kier molecular flexibility index (Phi) is 6.88. The molecule has 0 bridgehead atoms. The van der Waals surface area contributed by atoms with E-state index in [4.69, 9.17) is 23.8 Å². The molecular formula is C54H33N3O2S. The quantitative estimate of drug-likeness (QED) is 0.178. The van der Waals surface area contributed by atoms with Crippen molar-refractivity contribution in [3.8, 4) is 56.4 Å². The summed E-state index contributed by atoms with van der Waals surface area (Å²) in [5, 5.41) is 6.40. The molecule has 0 aliphatic heterocycles. The molecule has 4 aromatic heterocycles. The molecule has 1 aliphatic carbocycles. The smallest absolute Gasteiger partial charge is 0.164 e. The van der Waals surface area contributed by atoms with Crippen LogP contribution in [0.5, 0.6) is 0 Å². The number of rotatable bonds is 4. The summed E-state index contributed by atoms with van der Waals surface area (Å²) in [6, 6.07) is 57.7. The summed E-state index contributed by atoms with van der Waals surface area (Å²) in [6.45, 7) is 4.65. The molecule has 0 spiro atoms. The molecule has 1 aliphatic rings. The van der Waals surface area contributed by atoms with Crippen LogP contribution in [0.4, 0.5) is 0 Å². The molecule has 0 saturated heterocycles. The van der Waals surface area contributed by atoms with Crippen molar-refractivity contribution < 1.29 is 8.83 Å². The van der Waals surface area contributed by atoms with Gasteiger partial charge in [0.2, 0.25) is 0 Å². The van der Waals surface area contributed by atoms with Crippen LogP contribution in [0.15, 0.2) is 173 Å². The lowest BCUT2D eigenvalue weighted by molar-refractivity contribution is 0.660. The molecule has 0 radical (unpaired) electrons. The SMILES string of the molecule is CC1(C)c2ccccc2-c2c(-c3ccc4oc5cccc(-c6nc(-c7ccc8sc9ccccc9c8c7)nc(-c7cccc8oc9ccccc9c78)n6)c5c4c3)cccc21. The van der Waals surface area contributed by atoms with Crippen LogP contribution >= 0.6 is 11.3 Å². The number of nitrogens with zero attached hydrogens (tertiary/aromatic N) is 3. The van der Waals surface area contributed by atoms with E-state index >= 15 is 0 Å². The van der Waals surface area contributed by atoms with Crippen molar-refractivity contribution in [3.05, 3.63) is 175 Å². The van der Waals surface area contributed by atoms with Gasteiger partial charge in [-0.15, -0.1) is 11.3 Å². The second kappa shape index (κ2) is 12.3. The molecule has 0 fully saturated rings. The zero-order valence-electron chi connectivity index (χ0n) is 32.7. The van der Waals surface area contributed by atoms with Gasteiger partial charge < -0.3 is 8.83 Å². The first-order valence-corrected chi connectivity index (χ1v) is 21.1. The van der Waals surface area contributed by atoms with E-state index in [1.807, 2.05) is 42.5 Å². The Balaban J connectivity index is 1.06. The lowest BCUT2D eigenvalue weighted by Crippen LogP contribution is -2.14. The Morgan fingerprint density at radius 3 is 1.77 bits per heavy atom. The average Bonchev–Trinajstić information content (AvgIpc) is 4.04. The Morgan fingerprint density at radius 2 is 0.950 bits per heavy atom. The minimum Gasteiger partial charge on any atom is -0.456 e. The van der Waals surface area contributed by atoms with Crippen molar-refractivity contribution in [2.45, 2.75) is 19.3 Å². The first-order chi connectivity index (χ1) is 29.5. The predicted octanol–water partition coefficient (Wildman–Crippen LogP) is 15.0. The van der Waals surface area contributed by atoms with Crippen molar-refractivity contribution in [2.24, 2.45) is 0 Å². The number of thiophene rings is 1. The number of aromatic nitrogens is 3. The minimum atomic E-state index is -0.0935. The van der Waals surface area contributed by atoms with Gasteiger partial charge in [-0.05, 0) is 88.0 Å². The normalized spacial score (nSPS) is 13.3. The van der Waals surface area contributed by atoms with Crippen LogP contribution < -0.4 is 0 Å². The first-order valence-electron chi connectivity index (χ1n) is 20.3. The van der Waals surface area contributed by atoms with E-state index in [1.165, 1.54) is 48.0 Å². The van der Waals surface area contributed by atoms with Gasteiger partial charge in [-0.25, -0.2) is 15.0 Å². The van der Waals surface area contributed by atoms with Crippen molar-refractivity contribution in [3.63, 3.8) is 0 Å². The molecule has 6 heteroatoms. The van der Waals surface area contributed by atoms with E-state index in [-0.39, 0.29) is 5.41 Å². The molecule has 8 aromatic carbocycles. The molecule has 0 N–H and O–H groups in total. The van der Waals surface area contributed by atoms with Crippen LogP contribution in [0.2, 0.25) is 0 Å². The summed E-state index contributed by atoms with van der Waals surface area (Å²) in [7, 11) is 0. The van der Waals surface area contributed by atoms with Crippen LogP contribution in [0.25, 0.3) is 120 Å². The van der Waals surface area contributed by atoms with Gasteiger partial charge in [0.15, 0.2) is 17.5 Å². The van der Waals surface area contributed by atoms with Gasteiger partial charge in [-0.2, -0.15) is 0 Å². The Hall–Kier alpha value is -7.41. The van der Waals surface area contributed by atoms with Gasteiger partial charge in [0.1, 0.15) is 22.3 Å². The summed E-state index contributed by atoms with van der Waals surface area (Å²) in [5.74, 6) is 1.75. The average molecular weight is 788 g/mol. The second-order valence-electron chi connectivity index (χ2n) is 16.3. The fourth-order valence-electron chi connectivity index (χ4n) is 9.75. The molecule has 60 heavy (non-hydrogen) atoms. The summed E-state index contributed by atoms with van der Waals surface area (Å²) < 4.78 is 15.4. The maximum absolute atomic E-state index is 6.61. The van der Waals surface area contributed by atoms with Gasteiger partial charge >= 0.3 is 0 Å². The highest BCUT2D eigenvalue weighted by molar-refractivity contribution is 7.25. The molecule has 13 rings (SSSR count). The van der Waals surface area contributed by atoms with E-state index in [9.17, 15) is 0 Å². The van der Waals surface area contributed by atoms with Crippen LogP contribution in [-0.4, -0.2) is 15.0 Å². The zero-order chi connectivity index (χ0) is 39.7. The molecule has 0 amide bonds. The largest absolute Gasteiger partial charge is 0.456 e. The predicted molar refractivity (Wildman–Crippen MR) is 247 cm³/mol. The molecular weight excluding hydrogens is 755 g/mol. The van der Waals surface area contributed by atoms with E-state index in [0.29, 0.717) is 17.5 Å². The first kappa shape index (κ1) is 33.6. The van der Waals surface area contributed by atoms with E-state index in [0.717, 1.165) is 66.1 Å². The number of fused-ring (bicyclic) bond motifs is 12. The standard InChI is InChI=1S/C54H33N3O2S/c1-54(2)40-18-6-3-13-34(40)48-32(15-9-19-41(48)54)30-24-26-43-39(28-30)50-37(17-11-22-45(50)59-43)53-56-51(31-25-27-47-38(29-31)33-12-5-8-23-46(33)60-47)55-52(57-53)36-16-10-21-44-49(36)35-14-4-7-20-42(35)58-44/h3-29H,1-2H3. The number of benzene rings is 8. The summed E-state index contributed by atoms with van der Waals surface area (Å²) in [6.07, 6.45) is 0. The van der Waals surface area contributed by atoms with E-state index in [1.54, 1.807) is 11.3 Å². The number of hydrogen-bond acceptors (Lipinski definition) is 6. The molecule has 4 heterocycles. The minimum absolute atomic E-state index is 0.0935. The molecule has 5 nitrogen and oxygen atoms in total. The Labute approximate surface area is 348 Å². The third-order valence-electron chi connectivity index (χ3n) is 12.6. The fourth-order valence-corrected chi connectivity index (χ4v) is 10.8. The highest BCUT2D eigenvalue weighted by Crippen LogP contribution is 2.52. The lowest BCUT2D eigenvalue weighted by Gasteiger charge is -2.21. The van der Waals surface area contributed by atoms with Crippen molar-refractivity contribution in [2.75, 3.05) is 0 Å². The molecule has 0 saturated carbocycles. The summed E-state index contributed by atoms with van der Waals surface area (Å²) in [5.41, 5.74) is 13.4. The van der Waals surface area contributed by atoms with Crippen LogP contribution in [0.3, 0.4) is 0 Å². The van der Waals surface area contributed by atoms with Crippen molar-refractivity contribution in [1.29, 1.82) is 0 Å². The van der Waals surface area contributed by atoms with Crippen LogP contribution in [0, 0.1) is 0 Å². The monoisotopic (exact) mass is 787 g/mol. The summed E-state index contributed by atoms with van der Waals surface area (Å²) in [4.78, 5) is 15.9. The van der Waals surface area contributed by atoms with Crippen molar-refractivity contribution in [1.82, 2.24) is 15.0 Å². The van der Waals surface area contributed by atoms with Gasteiger partial charge in [-0.1, -0.05) is 123 Å². The molecule has 0 unspecified atom stereocenters. The summed E-state index contributed by atoms with van der Waals surface area (Å²) >= 11 is 1.80. The molecule has 0 atom stereocenters. The van der Waals surface area contributed by atoms with Gasteiger partial charge in [-0.3, -0.25) is 0 Å². The highest BCUT2D eigenvalue weighted by Gasteiger charge is 2.36. The number of furan rings is 2. The second-order valence-corrected chi connectivity index (χ2v) is 17.4. The zero-order valence-corrected chi connectivity index (χ0v) is 33.5. The topological polar surface area (TPSA) is 65.0 Å².